The van der Waals surface area contributed by atoms with Gasteiger partial charge in [-0.1, -0.05) is 11.6 Å². The van der Waals surface area contributed by atoms with Gasteiger partial charge in [0, 0.05) is 17.6 Å². The number of methoxy groups -OCH3 is 1. The number of rotatable bonds is 4. The molecule has 1 atom stereocenters. The summed E-state index contributed by atoms with van der Waals surface area (Å²) in [6, 6.07) is 2.55. The zero-order chi connectivity index (χ0) is 13.0. The van der Waals surface area contributed by atoms with E-state index in [4.69, 9.17) is 22.1 Å². The summed E-state index contributed by atoms with van der Waals surface area (Å²) in [5.74, 6) is 0.223. The van der Waals surface area contributed by atoms with Crippen LogP contribution >= 0.6 is 11.6 Å². The Morgan fingerprint density at radius 3 is 2.71 bits per heavy atom. The minimum absolute atomic E-state index is 0.354. The normalized spacial score (nSPS) is 12.1. The lowest BCUT2D eigenvalue weighted by Gasteiger charge is -2.17. The lowest BCUT2D eigenvalue weighted by atomic mass is 10.0. The highest BCUT2D eigenvalue weighted by Crippen LogP contribution is 2.31. The van der Waals surface area contributed by atoms with Gasteiger partial charge in [0.25, 0.3) is 5.91 Å². The summed E-state index contributed by atoms with van der Waals surface area (Å²) in [7, 11) is 3.12. The number of aryl methyl sites for hydroxylation is 1. The average molecular weight is 258 g/mol. The van der Waals surface area contributed by atoms with Gasteiger partial charge in [0.1, 0.15) is 11.8 Å². The van der Waals surface area contributed by atoms with Crippen LogP contribution in [0.1, 0.15) is 17.2 Å². The zero-order valence-corrected chi connectivity index (χ0v) is 10.8. The van der Waals surface area contributed by atoms with E-state index in [0.29, 0.717) is 16.3 Å². The molecule has 1 amide bonds. The van der Waals surface area contributed by atoms with Gasteiger partial charge in [-0.15, -0.1) is 0 Å². The fraction of sp³-hybridized carbons (Fsp3) is 0.364. The van der Waals surface area contributed by atoms with Crippen molar-refractivity contribution in [2.24, 2.45) is 5.73 Å². The van der Waals surface area contributed by atoms with Gasteiger partial charge in [-0.2, -0.15) is 0 Å². The maximum Gasteiger partial charge on any atom is 0.255 e. The van der Waals surface area contributed by atoms with E-state index in [1.54, 1.807) is 19.2 Å². The molecule has 0 heterocycles. The molecule has 0 aromatic heterocycles. The fourth-order valence-corrected chi connectivity index (χ4v) is 1.89. The highest BCUT2D eigenvalue weighted by atomic mass is 35.5. The van der Waals surface area contributed by atoms with Gasteiger partial charge in [0.2, 0.25) is 0 Å². The zero-order valence-electron chi connectivity index (χ0n) is 10.0. The highest BCUT2D eigenvalue weighted by Gasteiger charge is 2.21. The average Bonchev–Trinajstić information content (AvgIpc) is 2.27. The highest BCUT2D eigenvalue weighted by molar-refractivity contribution is 6.30. The van der Waals surface area contributed by atoms with Crippen LogP contribution in [0.3, 0.4) is 0 Å². The number of nitrogens with one attached hydrogen (secondary N) is 2. The number of ether oxygens (including phenoxy) is 1. The van der Waals surface area contributed by atoms with Gasteiger partial charge >= 0.3 is 0 Å². The van der Waals surface area contributed by atoms with Crippen LogP contribution in [0.5, 0.6) is 5.75 Å². The third-order valence-corrected chi connectivity index (χ3v) is 2.56. The molecule has 0 saturated heterocycles. The van der Waals surface area contributed by atoms with Gasteiger partial charge in [0.15, 0.2) is 0 Å². The molecule has 1 aromatic carbocycles. The summed E-state index contributed by atoms with van der Waals surface area (Å²) >= 11 is 5.95. The third-order valence-electron chi connectivity index (χ3n) is 2.34. The summed E-state index contributed by atoms with van der Waals surface area (Å²) in [6.07, 6.45) is 0. The van der Waals surface area contributed by atoms with Crippen molar-refractivity contribution in [3.8, 4) is 5.75 Å². The van der Waals surface area contributed by atoms with E-state index in [9.17, 15) is 4.79 Å². The predicted octanol–water partition coefficient (Wildman–Crippen LogP) is 0.907. The Kier molecular flexibility index (Phi) is 4.74. The minimum Gasteiger partial charge on any atom is -0.496 e. The van der Waals surface area contributed by atoms with Crippen molar-refractivity contribution < 1.29 is 9.53 Å². The van der Waals surface area contributed by atoms with Crippen molar-refractivity contribution in [1.29, 1.82) is 0 Å². The Balaban J connectivity index is 3.15. The van der Waals surface area contributed by atoms with E-state index in [-0.39, 0.29) is 5.91 Å². The second-order valence-electron chi connectivity index (χ2n) is 3.56. The number of hydrogen-bond acceptors (Lipinski definition) is 4. The minimum atomic E-state index is -0.838. The maximum absolute atomic E-state index is 11.6. The molecule has 0 radical (unpaired) electrons. The number of amides is 1. The van der Waals surface area contributed by atoms with Crippen LogP contribution in [-0.4, -0.2) is 20.1 Å². The second kappa shape index (κ2) is 5.86. The molecular weight excluding hydrogens is 242 g/mol. The molecule has 0 aliphatic rings. The predicted molar refractivity (Wildman–Crippen MR) is 66.9 cm³/mol. The lowest BCUT2D eigenvalue weighted by Crippen LogP contribution is -2.41. The van der Waals surface area contributed by atoms with Crippen LogP contribution in [-0.2, 0) is 4.79 Å². The molecule has 0 bridgehead atoms. The number of hydrogen-bond donors (Lipinski definition) is 3. The number of benzene rings is 1. The number of carbonyl (C=O) groups is 1. The molecule has 1 rings (SSSR count). The van der Waals surface area contributed by atoms with Crippen molar-refractivity contribution in [3.05, 3.63) is 28.3 Å². The van der Waals surface area contributed by atoms with Crippen LogP contribution in [0, 0.1) is 6.92 Å². The molecule has 0 fully saturated rings. The van der Waals surface area contributed by atoms with Crippen LogP contribution in [0.4, 0.5) is 0 Å². The fourth-order valence-electron chi connectivity index (χ4n) is 1.61. The summed E-state index contributed by atoms with van der Waals surface area (Å²) < 4.78 is 5.24. The second-order valence-corrected chi connectivity index (χ2v) is 4.00. The Morgan fingerprint density at radius 1 is 1.53 bits per heavy atom. The summed E-state index contributed by atoms with van der Waals surface area (Å²) in [5, 5.41) is 0.519. The van der Waals surface area contributed by atoms with Gasteiger partial charge in [-0.05, 0) is 24.6 Å². The van der Waals surface area contributed by atoms with Crippen molar-refractivity contribution in [3.63, 3.8) is 0 Å². The Bertz CT molecular complexity index is 423. The summed E-state index contributed by atoms with van der Waals surface area (Å²) in [6.45, 7) is 1.84. The molecule has 0 aliphatic heterocycles. The molecular formula is C11H16ClN3O2. The SMILES string of the molecule is CNNC(=O)C(N)c1cc(Cl)cc(C)c1OC. The largest absolute Gasteiger partial charge is 0.496 e. The molecule has 0 spiro atoms. The molecule has 17 heavy (non-hydrogen) atoms. The van der Waals surface area contributed by atoms with E-state index in [1.807, 2.05) is 6.92 Å². The first-order valence-corrected chi connectivity index (χ1v) is 5.45. The van der Waals surface area contributed by atoms with Gasteiger partial charge in [-0.25, -0.2) is 5.43 Å². The Morgan fingerprint density at radius 2 is 2.18 bits per heavy atom. The van der Waals surface area contributed by atoms with Crippen molar-refractivity contribution >= 4 is 17.5 Å². The maximum atomic E-state index is 11.6. The first-order valence-electron chi connectivity index (χ1n) is 5.07. The molecule has 4 N–H and O–H groups in total. The van der Waals surface area contributed by atoms with Crippen LogP contribution in [0.15, 0.2) is 12.1 Å². The van der Waals surface area contributed by atoms with Crippen LogP contribution in [0.25, 0.3) is 0 Å². The van der Waals surface area contributed by atoms with E-state index in [1.165, 1.54) is 7.11 Å². The van der Waals surface area contributed by atoms with Crippen molar-refractivity contribution in [2.75, 3.05) is 14.2 Å². The smallest absolute Gasteiger partial charge is 0.255 e. The molecule has 1 aromatic rings. The molecule has 1 unspecified atom stereocenters. The lowest BCUT2D eigenvalue weighted by molar-refractivity contribution is -0.123. The topological polar surface area (TPSA) is 76.4 Å². The van der Waals surface area contributed by atoms with Gasteiger partial charge in [-0.3, -0.25) is 10.2 Å². The van der Waals surface area contributed by atoms with Gasteiger partial charge in [0.05, 0.1) is 7.11 Å². The quantitative estimate of drug-likeness (QED) is 0.701. The monoisotopic (exact) mass is 257 g/mol. The Hall–Kier alpha value is -1.30. The summed E-state index contributed by atoms with van der Waals surface area (Å²) in [4.78, 5) is 11.6. The number of nitrogens with two attached hydrogens (primary N) is 1. The number of halogens is 1. The summed E-state index contributed by atoms with van der Waals surface area (Å²) in [5.41, 5.74) is 12.2. The molecule has 5 nitrogen and oxygen atoms in total. The first kappa shape index (κ1) is 13.8. The van der Waals surface area contributed by atoms with E-state index in [0.717, 1.165) is 5.56 Å². The van der Waals surface area contributed by atoms with Crippen LogP contribution < -0.4 is 21.3 Å². The molecule has 6 heteroatoms. The number of hydrazine groups is 1. The Labute approximate surface area is 105 Å². The van der Waals surface area contributed by atoms with E-state index >= 15 is 0 Å². The van der Waals surface area contributed by atoms with Crippen molar-refractivity contribution in [2.45, 2.75) is 13.0 Å². The van der Waals surface area contributed by atoms with E-state index in [2.05, 4.69) is 10.9 Å². The molecule has 94 valence electrons. The molecule has 0 saturated carbocycles. The third kappa shape index (κ3) is 3.09. The standard InChI is InChI=1S/C11H16ClN3O2/c1-6-4-7(12)5-8(10(6)17-3)9(13)11(16)15-14-2/h4-5,9,14H,13H2,1-3H3,(H,15,16). The number of carbonyl (C=O) groups excluding carboxylic acids is 1. The van der Waals surface area contributed by atoms with E-state index < -0.39 is 6.04 Å². The first-order chi connectivity index (χ1) is 8.01. The van der Waals surface area contributed by atoms with Crippen LogP contribution in [0.2, 0.25) is 5.02 Å². The molecule has 0 aliphatic carbocycles. The van der Waals surface area contributed by atoms with Crippen molar-refractivity contribution in [1.82, 2.24) is 10.9 Å². The van der Waals surface area contributed by atoms with Gasteiger partial charge < -0.3 is 10.5 Å².